The zero-order chi connectivity index (χ0) is 13.9. The highest BCUT2D eigenvalue weighted by molar-refractivity contribution is 9.10. The lowest BCUT2D eigenvalue weighted by Gasteiger charge is -2.00. The minimum atomic E-state index is 0.196. The van der Waals surface area contributed by atoms with Crippen LogP contribution in [0.2, 0.25) is 0 Å². The molecule has 0 atom stereocenters. The van der Waals surface area contributed by atoms with Gasteiger partial charge in [-0.25, -0.2) is 4.98 Å². The van der Waals surface area contributed by atoms with Crippen LogP contribution in [0.5, 0.6) is 0 Å². The lowest BCUT2D eigenvalue weighted by Crippen LogP contribution is -2.06. The van der Waals surface area contributed by atoms with E-state index in [4.69, 9.17) is 0 Å². The molecule has 0 aliphatic heterocycles. The monoisotopic (exact) mass is 345 g/mol. The number of hydrogen-bond acceptors (Lipinski definition) is 3. The first kappa shape index (κ1) is 13.5. The summed E-state index contributed by atoms with van der Waals surface area (Å²) in [5, 5.41) is 0.895. The van der Waals surface area contributed by atoms with Crippen LogP contribution in [-0.4, -0.2) is 10.8 Å². The van der Waals surface area contributed by atoms with Gasteiger partial charge in [0.05, 0.1) is 16.6 Å². The molecule has 0 unspecified atom stereocenters. The van der Waals surface area contributed by atoms with Gasteiger partial charge in [0, 0.05) is 10.9 Å². The molecular formula is C16H12BrNOS. The number of thiazole rings is 1. The lowest BCUT2D eigenvalue weighted by molar-refractivity contribution is -0.117. The number of carbonyl (C=O) groups is 1. The fraction of sp³-hybridized carbons (Fsp3) is 0.125. The van der Waals surface area contributed by atoms with Crippen LogP contribution < -0.4 is 0 Å². The van der Waals surface area contributed by atoms with E-state index in [0.29, 0.717) is 12.8 Å². The molecule has 100 valence electrons. The summed E-state index contributed by atoms with van der Waals surface area (Å²) in [4.78, 5) is 16.6. The van der Waals surface area contributed by atoms with Crippen molar-refractivity contribution >= 4 is 43.3 Å². The summed E-state index contributed by atoms with van der Waals surface area (Å²) in [6.45, 7) is 0. The number of halogens is 1. The van der Waals surface area contributed by atoms with E-state index < -0.39 is 0 Å². The molecule has 3 rings (SSSR count). The molecule has 2 aromatic carbocycles. The van der Waals surface area contributed by atoms with Crippen LogP contribution >= 0.6 is 27.3 Å². The van der Waals surface area contributed by atoms with E-state index in [1.54, 1.807) is 11.3 Å². The third-order valence-corrected chi connectivity index (χ3v) is 4.51. The Bertz CT molecular complexity index is 733. The zero-order valence-electron chi connectivity index (χ0n) is 10.7. The second kappa shape index (κ2) is 5.85. The number of nitrogens with zero attached hydrogens (tertiary/aromatic N) is 1. The lowest BCUT2D eigenvalue weighted by atomic mass is 10.1. The maximum Gasteiger partial charge on any atom is 0.144 e. The molecule has 0 radical (unpaired) electrons. The summed E-state index contributed by atoms with van der Waals surface area (Å²) >= 11 is 5.02. The smallest absolute Gasteiger partial charge is 0.144 e. The van der Waals surface area contributed by atoms with Gasteiger partial charge in [0.25, 0.3) is 0 Å². The maximum atomic E-state index is 12.1. The molecule has 0 saturated heterocycles. The highest BCUT2D eigenvalue weighted by Gasteiger charge is 2.09. The fourth-order valence-corrected chi connectivity index (χ4v) is 3.54. The molecule has 20 heavy (non-hydrogen) atoms. The minimum absolute atomic E-state index is 0.196. The first-order chi connectivity index (χ1) is 9.70. The molecule has 0 N–H and O–H groups in total. The Labute approximate surface area is 129 Å². The zero-order valence-corrected chi connectivity index (χ0v) is 13.1. The molecule has 0 aliphatic carbocycles. The molecule has 0 fully saturated rings. The van der Waals surface area contributed by atoms with E-state index in [-0.39, 0.29) is 5.78 Å². The van der Waals surface area contributed by atoms with Crippen LogP contribution in [0.15, 0.2) is 53.0 Å². The van der Waals surface area contributed by atoms with E-state index >= 15 is 0 Å². The second-order valence-corrected chi connectivity index (χ2v) is 6.63. The largest absolute Gasteiger partial charge is 0.299 e. The summed E-state index contributed by atoms with van der Waals surface area (Å²) in [5.74, 6) is 0.196. The molecule has 1 heterocycles. The molecular weight excluding hydrogens is 334 g/mol. The normalized spacial score (nSPS) is 10.8. The molecule has 0 bridgehead atoms. The first-order valence-corrected chi connectivity index (χ1v) is 7.92. The van der Waals surface area contributed by atoms with E-state index in [2.05, 4.69) is 20.9 Å². The Hall–Kier alpha value is -1.52. The highest BCUT2D eigenvalue weighted by atomic mass is 79.9. The average molecular weight is 346 g/mol. The van der Waals surface area contributed by atoms with Crippen molar-refractivity contribution in [1.29, 1.82) is 0 Å². The predicted octanol–water partition coefficient (Wildman–Crippen LogP) is 4.41. The predicted molar refractivity (Wildman–Crippen MR) is 86.2 cm³/mol. The summed E-state index contributed by atoms with van der Waals surface area (Å²) in [6.07, 6.45) is 0.862. The number of benzene rings is 2. The Kier molecular flexibility index (Phi) is 3.94. The summed E-state index contributed by atoms with van der Waals surface area (Å²) in [5.41, 5.74) is 2.01. The molecule has 0 aliphatic rings. The van der Waals surface area contributed by atoms with Gasteiger partial charge in [0.15, 0.2) is 0 Å². The van der Waals surface area contributed by atoms with Crippen LogP contribution in [0.1, 0.15) is 10.6 Å². The molecule has 2 nitrogen and oxygen atoms in total. The van der Waals surface area contributed by atoms with Gasteiger partial charge in [-0.2, -0.15) is 0 Å². The number of rotatable bonds is 4. The van der Waals surface area contributed by atoms with Crippen LogP contribution in [-0.2, 0) is 17.6 Å². The Morgan fingerprint density at radius 2 is 1.95 bits per heavy atom. The molecule has 1 aromatic heterocycles. The van der Waals surface area contributed by atoms with Crippen molar-refractivity contribution in [2.45, 2.75) is 12.8 Å². The van der Waals surface area contributed by atoms with Gasteiger partial charge < -0.3 is 0 Å². The third kappa shape index (κ3) is 3.14. The van der Waals surface area contributed by atoms with Crippen molar-refractivity contribution in [1.82, 2.24) is 4.98 Å². The Morgan fingerprint density at radius 1 is 1.10 bits per heavy atom. The SMILES string of the molecule is O=C(Cc1cccc(Br)c1)Cc1nc2ccccc2s1. The van der Waals surface area contributed by atoms with Crippen molar-refractivity contribution in [3.63, 3.8) is 0 Å². The number of Topliss-reactive ketones (excluding diaryl/α,β-unsaturated/α-hetero) is 1. The van der Waals surface area contributed by atoms with Crippen molar-refractivity contribution in [2.75, 3.05) is 0 Å². The van der Waals surface area contributed by atoms with Gasteiger partial charge in [-0.05, 0) is 29.8 Å². The molecule has 4 heteroatoms. The van der Waals surface area contributed by atoms with Gasteiger partial charge in [-0.1, -0.05) is 40.2 Å². The quantitative estimate of drug-likeness (QED) is 0.700. The van der Waals surface area contributed by atoms with Crippen molar-refractivity contribution in [3.8, 4) is 0 Å². The Balaban J connectivity index is 1.72. The van der Waals surface area contributed by atoms with Crippen LogP contribution in [0.3, 0.4) is 0 Å². The third-order valence-electron chi connectivity index (χ3n) is 2.98. The topological polar surface area (TPSA) is 30.0 Å². The van der Waals surface area contributed by atoms with Crippen molar-refractivity contribution in [3.05, 3.63) is 63.6 Å². The number of ketones is 1. The fourth-order valence-electron chi connectivity index (χ4n) is 2.10. The number of fused-ring (bicyclic) bond motifs is 1. The van der Waals surface area contributed by atoms with Gasteiger partial charge in [0.1, 0.15) is 10.8 Å². The van der Waals surface area contributed by atoms with Gasteiger partial charge in [-0.15, -0.1) is 11.3 Å². The molecule has 0 spiro atoms. The summed E-state index contributed by atoms with van der Waals surface area (Å²) < 4.78 is 2.14. The van der Waals surface area contributed by atoms with E-state index in [0.717, 1.165) is 25.3 Å². The van der Waals surface area contributed by atoms with E-state index in [1.807, 2.05) is 48.5 Å². The highest BCUT2D eigenvalue weighted by Crippen LogP contribution is 2.22. The first-order valence-electron chi connectivity index (χ1n) is 6.31. The van der Waals surface area contributed by atoms with E-state index in [1.165, 1.54) is 0 Å². The van der Waals surface area contributed by atoms with Crippen LogP contribution in [0.25, 0.3) is 10.2 Å². The molecule has 0 amide bonds. The standard InChI is InChI=1S/C16H12BrNOS/c17-12-5-3-4-11(8-12)9-13(19)10-16-18-14-6-1-2-7-15(14)20-16/h1-8H,9-10H2. The molecule has 3 aromatic rings. The molecule has 0 saturated carbocycles. The van der Waals surface area contributed by atoms with Crippen LogP contribution in [0, 0.1) is 0 Å². The number of para-hydroxylation sites is 1. The Morgan fingerprint density at radius 3 is 2.75 bits per heavy atom. The van der Waals surface area contributed by atoms with Gasteiger partial charge in [0.2, 0.25) is 0 Å². The summed E-state index contributed by atoms with van der Waals surface area (Å²) in [6, 6.07) is 15.8. The summed E-state index contributed by atoms with van der Waals surface area (Å²) in [7, 11) is 0. The van der Waals surface area contributed by atoms with Gasteiger partial charge in [-0.3, -0.25) is 4.79 Å². The number of aromatic nitrogens is 1. The average Bonchev–Trinajstić information content (AvgIpc) is 2.80. The van der Waals surface area contributed by atoms with Crippen molar-refractivity contribution < 1.29 is 4.79 Å². The van der Waals surface area contributed by atoms with Gasteiger partial charge >= 0.3 is 0 Å². The maximum absolute atomic E-state index is 12.1. The minimum Gasteiger partial charge on any atom is -0.299 e. The second-order valence-electron chi connectivity index (χ2n) is 4.60. The van der Waals surface area contributed by atoms with E-state index in [9.17, 15) is 4.79 Å². The van der Waals surface area contributed by atoms with Crippen molar-refractivity contribution in [2.24, 2.45) is 0 Å². The number of carbonyl (C=O) groups excluding carboxylic acids is 1. The van der Waals surface area contributed by atoms with Crippen LogP contribution in [0.4, 0.5) is 0 Å². The number of hydrogen-bond donors (Lipinski definition) is 0.